The van der Waals surface area contributed by atoms with E-state index in [1.54, 1.807) is 36.1 Å². The molecule has 29 heavy (non-hydrogen) atoms. The molecular weight excluding hydrogens is 368 g/mol. The van der Waals surface area contributed by atoms with E-state index in [4.69, 9.17) is 4.74 Å². The number of hydrogen-bond donors (Lipinski definition) is 1. The fraction of sp³-hybridized carbons (Fsp3) is 0.348. The lowest BCUT2D eigenvalue weighted by Crippen LogP contribution is -2.37. The molecule has 0 unspecified atom stereocenters. The average Bonchev–Trinajstić information content (AvgIpc) is 3.18. The van der Waals surface area contributed by atoms with Gasteiger partial charge in [0.25, 0.3) is 5.91 Å². The molecule has 1 N–H and O–H groups in total. The van der Waals surface area contributed by atoms with Crippen LogP contribution in [0.15, 0.2) is 54.6 Å². The van der Waals surface area contributed by atoms with Gasteiger partial charge in [-0.25, -0.2) is 4.79 Å². The molecule has 0 saturated carbocycles. The minimum Gasteiger partial charge on any atom is -0.449 e. The summed E-state index contributed by atoms with van der Waals surface area (Å²) in [6.45, 7) is 4.68. The van der Waals surface area contributed by atoms with Gasteiger partial charge in [0.15, 0.2) is 6.10 Å². The summed E-state index contributed by atoms with van der Waals surface area (Å²) in [6, 6.07) is 16.7. The van der Waals surface area contributed by atoms with Crippen LogP contribution in [0.25, 0.3) is 0 Å². The van der Waals surface area contributed by atoms with Gasteiger partial charge < -0.3 is 15.0 Å². The largest absolute Gasteiger partial charge is 0.449 e. The molecule has 6 heteroatoms. The second-order valence-electron chi connectivity index (χ2n) is 7.30. The molecule has 1 fully saturated rings. The van der Waals surface area contributed by atoms with E-state index in [2.05, 4.69) is 5.32 Å². The molecule has 1 saturated heterocycles. The fourth-order valence-corrected chi connectivity index (χ4v) is 3.30. The Kier molecular flexibility index (Phi) is 6.65. The summed E-state index contributed by atoms with van der Waals surface area (Å²) < 4.78 is 5.33. The number of rotatable bonds is 7. The molecule has 3 rings (SSSR count). The predicted octanol–water partition coefficient (Wildman–Crippen LogP) is 3.28. The Balaban J connectivity index is 1.54. The summed E-state index contributed by atoms with van der Waals surface area (Å²) in [5.41, 5.74) is 2.13. The second kappa shape index (κ2) is 9.37. The summed E-state index contributed by atoms with van der Waals surface area (Å²) in [7, 11) is 0. The molecule has 1 aliphatic rings. The van der Waals surface area contributed by atoms with Gasteiger partial charge in [0.05, 0.1) is 5.56 Å². The molecule has 2 amide bonds. The van der Waals surface area contributed by atoms with Crippen LogP contribution in [0.1, 0.15) is 48.5 Å². The van der Waals surface area contributed by atoms with E-state index in [0.29, 0.717) is 30.8 Å². The minimum absolute atomic E-state index is 0.0517. The maximum absolute atomic E-state index is 12.5. The summed E-state index contributed by atoms with van der Waals surface area (Å²) >= 11 is 0. The third kappa shape index (κ3) is 5.22. The van der Waals surface area contributed by atoms with Gasteiger partial charge in [0.2, 0.25) is 5.91 Å². The van der Waals surface area contributed by atoms with Gasteiger partial charge in [0.1, 0.15) is 0 Å². The highest BCUT2D eigenvalue weighted by Gasteiger charge is 2.24. The van der Waals surface area contributed by atoms with E-state index in [-0.39, 0.29) is 17.7 Å². The van der Waals surface area contributed by atoms with Crippen molar-refractivity contribution in [3.63, 3.8) is 0 Å². The molecular formula is C23H26N2O4. The SMILES string of the molecule is C[C@H](CNC(=O)[C@@H](C)OC(=O)c1cccc(N2CCCC2=O)c1)c1ccccc1. The van der Waals surface area contributed by atoms with Gasteiger partial charge in [0, 0.05) is 25.2 Å². The van der Waals surface area contributed by atoms with Gasteiger partial charge in [-0.1, -0.05) is 43.3 Å². The molecule has 0 bridgehead atoms. The molecule has 0 aliphatic carbocycles. The summed E-state index contributed by atoms with van der Waals surface area (Å²) in [5, 5.41) is 2.83. The second-order valence-corrected chi connectivity index (χ2v) is 7.30. The van der Waals surface area contributed by atoms with Crippen LogP contribution in [0.3, 0.4) is 0 Å². The lowest BCUT2D eigenvalue weighted by Gasteiger charge is -2.18. The normalized spacial score (nSPS) is 15.7. The molecule has 0 radical (unpaired) electrons. The van der Waals surface area contributed by atoms with Gasteiger partial charge in [-0.3, -0.25) is 9.59 Å². The monoisotopic (exact) mass is 394 g/mol. The minimum atomic E-state index is -0.914. The lowest BCUT2D eigenvalue weighted by molar-refractivity contribution is -0.129. The van der Waals surface area contributed by atoms with Crippen molar-refractivity contribution in [3.05, 3.63) is 65.7 Å². The molecule has 152 valence electrons. The predicted molar refractivity (Wildman–Crippen MR) is 111 cm³/mol. The van der Waals surface area contributed by atoms with Gasteiger partial charge in [-0.2, -0.15) is 0 Å². The number of ether oxygens (including phenoxy) is 1. The number of benzene rings is 2. The maximum atomic E-state index is 12.5. The zero-order chi connectivity index (χ0) is 20.8. The van der Waals surface area contributed by atoms with Crippen LogP contribution in [0.5, 0.6) is 0 Å². The number of carbonyl (C=O) groups is 3. The smallest absolute Gasteiger partial charge is 0.338 e. The molecule has 0 spiro atoms. The number of esters is 1. The van der Waals surface area contributed by atoms with E-state index in [1.807, 2.05) is 37.3 Å². The highest BCUT2D eigenvalue weighted by molar-refractivity contribution is 5.98. The number of hydrogen-bond acceptors (Lipinski definition) is 4. The van der Waals surface area contributed by atoms with Crippen molar-refractivity contribution in [2.24, 2.45) is 0 Å². The highest BCUT2D eigenvalue weighted by Crippen LogP contribution is 2.22. The van der Waals surface area contributed by atoms with E-state index >= 15 is 0 Å². The fourth-order valence-electron chi connectivity index (χ4n) is 3.30. The Labute approximate surface area is 170 Å². The number of nitrogens with zero attached hydrogens (tertiary/aromatic N) is 1. The van der Waals surface area contributed by atoms with E-state index in [0.717, 1.165) is 12.0 Å². The van der Waals surface area contributed by atoms with Crippen molar-refractivity contribution < 1.29 is 19.1 Å². The summed E-state index contributed by atoms with van der Waals surface area (Å²) in [4.78, 5) is 38.4. The quantitative estimate of drug-likeness (QED) is 0.732. The van der Waals surface area contributed by atoms with Crippen LogP contribution in [0.2, 0.25) is 0 Å². The maximum Gasteiger partial charge on any atom is 0.338 e. The van der Waals surface area contributed by atoms with Crippen molar-refractivity contribution in [1.29, 1.82) is 0 Å². The van der Waals surface area contributed by atoms with Gasteiger partial charge >= 0.3 is 5.97 Å². The Morgan fingerprint density at radius 1 is 1.10 bits per heavy atom. The lowest BCUT2D eigenvalue weighted by atomic mass is 10.0. The van der Waals surface area contributed by atoms with Crippen LogP contribution in [0, 0.1) is 0 Å². The van der Waals surface area contributed by atoms with Gasteiger partial charge in [-0.05, 0) is 43.0 Å². The average molecular weight is 394 g/mol. The van der Waals surface area contributed by atoms with Crippen molar-refractivity contribution in [2.45, 2.75) is 38.7 Å². The first-order valence-corrected chi connectivity index (χ1v) is 9.90. The van der Waals surface area contributed by atoms with E-state index in [1.165, 1.54) is 0 Å². The Bertz CT molecular complexity index is 881. The first-order valence-electron chi connectivity index (χ1n) is 9.90. The molecule has 2 aromatic rings. The Hall–Kier alpha value is -3.15. The molecule has 6 nitrogen and oxygen atoms in total. The van der Waals surface area contributed by atoms with Crippen LogP contribution < -0.4 is 10.2 Å². The van der Waals surface area contributed by atoms with Crippen LogP contribution in [-0.4, -0.2) is 37.0 Å². The number of carbonyl (C=O) groups excluding carboxylic acids is 3. The highest BCUT2D eigenvalue weighted by atomic mass is 16.5. The molecule has 0 aromatic heterocycles. The summed E-state index contributed by atoms with van der Waals surface area (Å²) in [5.74, 6) is -0.724. The molecule has 1 aliphatic heterocycles. The van der Waals surface area contributed by atoms with Crippen LogP contribution >= 0.6 is 0 Å². The Morgan fingerprint density at radius 3 is 2.55 bits per heavy atom. The molecule has 2 atom stereocenters. The third-order valence-electron chi connectivity index (χ3n) is 5.07. The number of nitrogens with one attached hydrogen (secondary N) is 1. The van der Waals surface area contributed by atoms with Crippen molar-refractivity contribution >= 4 is 23.5 Å². The molecule has 2 aromatic carbocycles. The van der Waals surface area contributed by atoms with E-state index in [9.17, 15) is 14.4 Å². The van der Waals surface area contributed by atoms with E-state index < -0.39 is 12.1 Å². The topological polar surface area (TPSA) is 75.7 Å². The third-order valence-corrected chi connectivity index (χ3v) is 5.07. The summed E-state index contributed by atoms with van der Waals surface area (Å²) in [6.07, 6.45) is 0.418. The van der Waals surface area contributed by atoms with Crippen molar-refractivity contribution in [3.8, 4) is 0 Å². The van der Waals surface area contributed by atoms with Gasteiger partial charge in [-0.15, -0.1) is 0 Å². The zero-order valence-corrected chi connectivity index (χ0v) is 16.8. The van der Waals surface area contributed by atoms with Crippen molar-refractivity contribution in [1.82, 2.24) is 5.32 Å². The van der Waals surface area contributed by atoms with Crippen LogP contribution in [0.4, 0.5) is 5.69 Å². The van der Waals surface area contributed by atoms with Crippen molar-refractivity contribution in [2.75, 3.05) is 18.0 Å². The zero-order valence-electron chi connectivity index (χ0n) is 16.8. The standard InChI is InChI=1S/C23H26N2O4/c1-16(18-8-4-3-5-9-18)15-24-22(27)17(2)29-23(28)19-10-6-11-20(14-19)25-13-7-12-21(25)26/h3-6,8-11,14,16-17H,7,12-13,15H2,1-2H3,(H,24,27)/t16-,17-/m1/s1. The first-order chi connectivity index (χ1) is 14.0. The first kappa shape index (κ1) is 20.6. The van der Waals surface area contributed by atoms with Crippen LogP contribution in [-0.2, 0) is 14.3 Å². The number of amides is 2. The molecule has 1 heterocycles. The Morgan fingerprint density at radius 2 is 1.86 bits per heavy atom. The number of anilines is 1.